The van der Waals surface area contributed by atoms with Gasteiger partial charge in [0.2, 0.25) is 10.0 Å². The van der Waals surface area contributed by atoms with E-state index in [4.69, 9.17) is 21.8 Å². The van der Waals surface area contributed by atoms with Crippen LogP contribution in [0.3, 0.4) is 0 Å². The van der Waals surface area contributed by atoms with Gasteiger partial charge in [0.05, 0.1) is 22.1 Å². The molecule has 9 heteroatoms. The molecule has 0 amide bonds. The van der Waals surface area contributed by atoms with E-state index in [1.54, 1.807) is 6.92 Å². The highest BCUT2D eigenvalue weighted by Crippen LogP contribution is 2.26. The van der Waals surface area contributed by atoms with Gasteiger partial charge in [-0.3, -0.25) is 0 Å². The third-order valence-electron chi connectivity index (χ3n) is 2.69. The SMILES string of the molecule is CCCN(CCO)S(=O)(=O)c1cc(F)c(Cl)c(C(=O)O)c1. The molecule has 1 aromatic rings. The van der Waals surface area contributed by atoms with E-state index in [0.29, 0.717) is 12.5 Å². The first-order chi connectivity index (χ1) is 9.75. The van der Waals surface area contributed by atoms with Crippen LogP contribution in [-0.2, 0) is 10.0 Å². The smallest absolute Gasteiger partial charge is 0.337 e. The Bertz CT molecular complexity index is 629. The van der Waals surface area contributed by atoms with Crippen LogP contribution in [0.15, 0.2) is 17.0 Å². The van der Waals surface area contributed by atoms with Crippen LogP contribution < -0.4 is 0 Å². The number of halogens is 2. The van der Waals surface area contributed by atoms with Crippen LogP contribution in [0.4, 0.5) is 4.39 Å². The van der Waals surface area contributed by atoms with E-state index in [0.717, 1.165) is 10.4 Å². The van der Waals surface area contributed by atoms with Gasteiger partial charge in [0.15, 0.2) is 0 Å². The van der Waals surface area contributed by atoms with Gasteiger partial charge in [-0.05, 0) is 18.6 Å². The minimum Gasteiger partial charge on any atom is -0.478 e. The van der Waals surface area contributed by atoms with Crippen molar-refractivity contribution in [3.05, 3.63) is 28.5 Å². The summed E-state index contributed by atoms with van der Waals surface area (Å²) in [6.45, 7) is 1.30. The van der Waals surface area contributed by atoms with Crippen LogP contribution in [0.25, 0.3) is 0 Å². The summed E-state index contributed by atoms with van der Waals surface area (Å²) in [6, 6.07) is 1.48. The van der Waals surface area contributed by atoms with E-state index in [2.05, 4.69) is 0 Å². The second-order valence-electron chi connectivity index (χ2n) is 4.20. The predicted molar refractivity (Wildman–Crippen MR) is 74.5 cm³/mol. The Morgan fingerprint density at radius 1 is 1.38 bits per heavy atom. The van der Waals surface area contributed by atoms with E-state index in [1.165, 1.54) is 0 Å². The zero-order valence-corrected chi connectivity index (χ0v) is 12.8. The van der Waals surface area contributed by atoms with Crippen molar-refractivity contribution in [1.29, 1.82) is 0 Å². The van der Waals surface area contributed by atoms with Crippen LogP contribution >= 0.6 is 11.6 Å². The average Bonchev–Trinajstić information content (AvgIpc) is 2.40. The van der Waals surface area contributed by atoms with E-state index in [-0.39, 0.29) is 13.1 Å². The number of hydrogen-bond donors (Lipinski definition) is 2. The monoisotopic (exact) mass is 339 g/mol. The maximum atomic E-state index is 13.6. The van der Waals surface area contributed by atoms with Crippen molar-refractivity contribution in [2.75, 3.05) is 19.7 Å². The number of carboxylic acids is 1. The molecule has 0 saturated carbocycles. The first kappa shape index (κ1) is 17.8. The highest BCUT2D eigenvalue weighted by molar-refractivity contribution is 7.89. The number of hydrogen-bond acceptors (Lipinski definition) is 4. The number of benzene rings is 1. The summed E-state index contributed by atoms with van der Waals surface area (Å²) in [5, 5.41) is 17.2. The lowest BCUT2D eigenvalue weighted by Crippen LogP contribution is -2.34. The Labute approximate surface area is 126 Å². The molecule has 0 aliphatic rings. The number of aliphatic hydroxyl groups excluding tert-OH is 1. The van der Waals surface area contributed by atoms with E-state index in [1.807, 2.05) is 0 Å². The Balaban J connectivity index is 3.40. The van der Waals surface area contributed by atoms with Crippen LogP contribution in [0.2, 0.25) is 5.02 Å². The number of carbonyl (C=O) groups is 1. The van der Waals surface area contributed by atoms with E-state index in [9.17, 15) is 17.6 Å². The van der Waals surface area contributed by atoms with Crippen LogP contribution in [-0.4, -0.2) is 48.6 Å². The summed E-state index contributed by atoms with van der Waals surface area (Å²) in [5.41, 5.74) is -0.629. The van der Waals surface area contributed by atoms with Gasteiger partial charge < -0.3 is 10.2 Å². The van der Waals surface area contributed by atoms with Crippen molar-refractivity contribution in [2.45, 2.75) is 18.2 Å². The lowest BCUT2D eigenvalue weighted by Gasteiger charge is -2.21. The van der Waals surface area contributed by atoms with E-state index >= 15 is 0 Å². The van der Waals surface area contributed by atoms with Crippen LogP contribution in [0.5, 0.6) is 0 Å². The molecule has 1 rings (SSSR count). The van der Waals surface area contributed by atoms with Crippen molar-refractivity contribution in [1.82, 2.24) is 4.31 Å². The molecule has 0 unspecified atom stereocenters. The number of aliphatic hydroxyl groups is 1. The summed E-state index contributed by atoms with van der Waals surface area (Å²) in [5.74, 6) is -2.66. The van der Waals surface area contributed by atoms with Gasteiger partial charge in [-0.15, -0.1) is 0 Å². The highest BCUT2D eigenvalue weighted by Gasteiger charge is 2.27. The summed E-state index contributed by atoms with van der Waals surface area (Å²) < 4.78 is 39.3. The maximum absolute atomic E-state index is 13.6. The molecule has 0 radical (unpaired) electrons. The molecule has 0 spiro atoms. The van der Waals surface area contributed by atoms with E-state index < -0.39 is 43.9 Å². The number of sulfonamides is 1. The number of carboxylic acid groups (broad SMARTS) is 1. The molecular weight excluding hydrogens is 325 g/mol. The minimum absolute atomic E-state index is 0.121. The molecule has 0 heterocycles. The van der Waals surface area contributed by atoms with Crippen molar-refractivity contribution < 1.29 is 27.8 Å². The average molecular weight is 340 g/mol. The predicted octanol–water partition coefficient (Wildman–Crippen LogP) is 1.57. The third kappa shape index (κ3) is 3.91. The van der Waals surface area contributed by atoms with Crippen molar-refractivity contribution in [3.63, 3.8) is 0 Å². The van der Waals surface area contributed by atoms with Gasteiger partial charge in [-0.1, -0.05) is 18.5 Å². The van der Waals surface area contributed by atoms with Crippen molar-refractivity contribution in [2.24, 2.45) is 0 Å². The van der Waals surface area contributed by atoms with Gasteiger partial charge in [0.1, 0.15) is 5.82 Å². The zero-order chi connectivity index (χ0) is 16.2. The molecule has 0 atom stereocenters. The first-order valence-electron chi connectivity index (χ1n) is 6.09. The Morgan fingerprint density at radius 3 is 2.48 bits per heavy atom. The van der Waals surface area contributed by atoms with Crippen molar-refractivity contribution >= 4 is 27.6 Å². The molecular formula is C12H15ClFNO5S. The van der Waals surface area contributed by atoms with Gasteiger partial charge >= 0.3 is 5.97 Å². The minimum atomic E-state index is -4.11. The normalized spacial score (nSPS) is 11.9. The fourth-order valence-electron chi connectivity index (χ4n) is 1.73. The fraction of sp³-hybridized carbons (Fsp3) is 0.417. The Kier molecular flexibility index (Phi) is 6.09. The molecule has 0 bridgehead atoms. The van der Waals surface area contributed by atoms with Gasteiger partial charge in [-0.25, -0.2) is 17.6 Å². The fourth-order valence-corrected chi connectivity index (χ4v) is 3.48. The lowest BCUT2D eigenvalue weighted by molar-refractivity contribution is 0.0696. The van der Waals surface area contributed by atoms with Gasteiger partial charge in [-0.2, -0.15) is 4.31 Å². The van der Waals surface area contributed by atoms with Crippen molar-refractivity contribution in [3.8, 4) is 0 Å². The number of rotatable bonds is 7. The number of aromatic carboxylic acids is 1. The van der Waals surface area contributed by atoms with Crippen LogP contribution in [0.1, 0.15) is 23.7 Å². The molecule has 0 aromatic heterocycles. The largest absolute Gasteiger partial charge is 0.478 e. The molecule has 1 aromatic carbocycles. The van der Waals surface area contributed by atoms with Crippen LogP contribution in [0, 0.1) is 5.82 Å². The molecule has 118 valence electrons. The Hall–Kier alpha value is -1.22. The highest BCUT2D eigenvalue weighted by atomic mass is 35.5. The first-order valence-corrected chi connectivity index (χ1v) is 7.90. The Morgan fingerprint density at radius 2 is 2.00 bits per heavy atom. The maximum Gasteiger partial charge on any atom is 0.337 e. The molecule has 6 nitrogen and oxygen atoms in total. The summed E-state index contributed by atoms with van der Waals surface area (Å²) in [7, 11) is -4.11. The molecule has 0 fully saturated rings. The van der Waals surface area contributed by atoms with Gasteiger partial charge in [0, 0.05) is 13.1 Å². The standard InChI is InChI=1S/C12H15ClFNO5S/c1-2-3-15(4-5-16)21(19,20)8-6-9(12(17)18)11(13)10(14)7-8/h6-7,16H,2-5H2,1H3,(H,17,18). The second-order valence-corrected chi connectivity index (χ2v) is 6.52. The molecule has 21 heavy (non-hydrogen) atoms. The number of nitrogens with zero attached hydrogens (tertiary/aromatic N) is 1. The van der Waals surface area contributed by atoms with Gasteiger partial charge in [0.25, 0.3) is 0 Å². The molecule has 0 aliphatic carbocycles. The topological polar surface area (TPSA) is 94.9 Å². The lowest BCUT2D eigenvalue weighted by atomic mass is 10.2. The molecule has 2 N–H and O–H groups in total. The third-order valence-corrected chi connectivity index (χ3v) is 4.95. The molecule has 0 aliphatic heterocycles. The summed E-state index contributed by atoms with van der Waals surface area (Å²) >= 11 is 5.51. The summed E-state index contributed by atoms with van der Waals surface area (Å²) in [4.78, 5) is 10.5. The summed E-state index contributed by atoms with van der Waals surface area (Å²) in [6.07, 6.45) is 0.487. The zero-order valence-electron chi connectivity index (χ0n) is 11.2. The quantitative estimate of drug-likeness (QED) is 0.786. The molecule has 0 saturated heterocycles. The second kappa shape index (κ2) is 7.17.